The lowest BCUT2D eigenvalue weighted by Gasteiger charge is -2.14. The van der Waals surface area contributed by atoms with Crippen molar-refractivity contribution < 1.29 is 9.53 Å². The lowest BCUT2D eigenvalue weighted by molar-refractivity contribution is -0.124. The van der Waals surface area contributed by atoms with Gasteiger partial charge in [-0.1, -0.05) is 12.1 Å². The van der Waals surface area contributed by atoms with E-state index in [0.29, 0.717) is 6.54 Å². The van der Waals surface area contributed by atoms with E-state index in [1.807, 2.05) is 43.5 Å². The molecule has 4 nitrogen and oxygen atoms in total. The van der Waals surface area contributed by atoms with Gasteiger partial charge < -0.3 is 9.64 Å². The molecular weight excluding hydrogens is 288 g/mol. The summed E-state index contributed by atoms with van der Waals surface area (Å²) >= 11 is 0. The Bertz CT molecular complexity index is 711. The van der Waals surface area contributed by atoms with Crippen molar-refractivity contribution in [2.45, 2.75) is 12.8 Å². The van der Waals surface area contributed by atoms with Crippen LogP contribution in [-0.4, -0.2) is 36.0 Å². The van der Waals surface area contributed by atoms with Crippen LogP contribution in [0.4, 0.5) is 0 Å². The average Bonchev–Trinajstić information content (AvgIpc) is 3.06. The highest BCUT2D eigenvalue weighted by Gasteiger charge is 2.11. The number of aromatic nitrogens is 1. The maximum atomic E-state index is 12.2. The minimum atomic E-state index is -0.00215. The summed E-state index contributed by atoms with van der Waals surface area (Å²) in [5, 5.41) is 0. The van der Waals surface area contributed by atoms with Crippen LogP contribution >= 0.6 is 0 Å². The van der Waals surface area contributed by atoms with Gasteiger partial charge in [-0.3, -0.25) is 9.78 Å². The zero-order chi connectivity index (χ0) is 16.1. The van der Waals surface area contributed by atoms with Gasteiger partial charge in [-0.2, -0.15) is 0 Å². The van der Waals surface area contributed by atoms with E-state index < -0.39 is 0 Å². The van der Waals surface area contributed by atoms with Crippen molar-refractivity contribution in [2.24, 2.45) is 0 Å². The number of ether oxygens (including phenoxy) is 1. The first-order chi connectivity index (χ1) is 11.2. The van der Waals surface area contributed by atoms with Gasteiger partial charge in [0.2, 0.25) is 5.91 Å². The van der Waals surface area contributed by atoms with Gasteiger partial charge in [0.15, 0.2) is 0 Å². The molecule has 0 saturated heterocycles. The minimum absolute atomic E-state index is 0.00215. The van der Waals surface area contributed by atoms with Crippen molar-refractivity contribution in [3.05, 3.63) is 65.5 Å². The first kappa shape index (κ1) is 15.3. The van der Waals surface area contributed by atoms with Crippen LogP contribution in [0.15, 0.2) is 48.7 Å². The molecule has 23 heavy (non-hydrogen) atoms. The molecule has 0 aliphatic carbocycles. The fourth-order valence-corrected chi connectivity index (χ4v) is 2.54. The van der Waals surface area contributed by atoms with Gasteiger partial charge in [-0.05, 0) is 41.5 Å². The number of hydrogen-bond acceptors (Lipinski definition) is 3. The Morgan fingerprint density at radius 2 is 2.26 bits per heavy atom. The molecule has 1 aromatic heterocycles. The molecule has 1 aliphatic heterocycles. The molecule has 0 bridgehead atoms. The summed E-state index contributed by atoms with van der Waals surface area (Å²) in [6.07, 6.45) is 6.95. The van der Waals surface area contributed by atoms with E-state index in [9.17, 15) is 4.79 Å². The topological polar surface area (TPSA) is 42.4 Å². The van der Waals surface area contributed by atoms with Crippen molar-refractivity contribution in [2.75, 3.05) is 20.2 Å². The predicted molar refractivity (Wildman–Crippen MR) is 90.3 cm³/mol. The first-order valence-electron chi connectivity index (χ1n) is 7.81. The third-order valence-corrected chi connectivity index (χ3v) is 3.94. The highest BCUT2D eigenvalue weighted by Crippen LogP contribution is 2.26. The van der Waals surface area contributed by atoms with Crippen LogP contribution in [0.5, 0.6) is 5.75 Å². The van der Waals surface area contributed by atoms with Crippen molar-refractivity contribution in [3.63, 3.8) is 0 Å². The molecule has 2 aromatic rings. The molecule has 0 unspecified atom stereocenters. The molecule has 0 atom stereocenters. The quantitative estimate of drug-likeness (QED) is 0.798. The summed E-state index contributed by atoms with van der Waals surface area (Å²) in [6, 6.07) is 11.9. The number of hydrogen-bond donors (Lipinski definition) is 0. The molecule has 3 rings (SSSR count). The second kappa shape index (κ2) is 7.09. The summed E-state index contributed by atoms with van der Waals surface area (Å²) in [4.78, 5) is 18.1. The molecular formula is C19H20N2O2. The Kier molecular flexibility index (Phi) is 4.71. The number of amides is 1. The zero-order valence-corrected chi connectivity index (χ0v) is 13.2. The molecule has 118 valence electrons. The Morgan fingerprint density at radius 1 is 1.35 bits per heavy atom. The number of nitrogens with zero attached hydrogens (tertiary/aromatic N) is 2. The van der Waals surface area contributed by atoms with Crippen LogP contribution in [0.2, 0.25) is 0 Å². The van der Waals surface area contributed by atoms with Crippen molar-refractivity contribution in [1.82, 2.24) is 9.88 Å². The zero-order valence-electron chi connectivity index (χ0n) is 13.2. The number of likely N-dealkylation sites (N-methyl/N-ethyl adjacent to an activating group) is 1. The van der Waals surface area contributed by atoms with Crippen molar-refractivity contribution in [3.8, 4) is 5.75 Å². The molecule has 1 aromatic carbocycles. The van der Waals surface area contributed by atoms with Crippen molar-refractivity contribution >= 4 is 12.0 Å². The van der Waals surface area contributed by atoms with Crippen LogP contribution in [0.3, 0.4) is 0 Å². The SMILES string of the molecule is CN(CCc1ccccn1)C(=O)/C=C/c1ccc2c(c1)CCO2. The third-order valence-electron chi connectivity index (χ3n) is 3.94. The van der Waals surface area contributed by atoms with E-state index in [0.717, 1.165) is 36.5 Å². The summed E-state index contributed by atoms with van der Waals surface area (Å²) < 4.78 is 5.49. The fraction of sp³-hybridized carbons (Fsp3) is 0.263. The summed E-state index contributed by atoms with van der Waals surface area (Å²) in [7, 11) is 1.81. The Morgan fingerprint density at radius 3 is 3.09 bits per heavy atom. The maximum Gasteiger partial charge on any atom is 0.246 e. The fourth-order valence-electron chi connectivity index (χ4n) is 2.54. The van der Waals surface area contributed by atoms with Crippen LogP contribution in [0.25, 0.3) is 6.08 Å². The van der Waals surface area contributed by atoms with Crippen LogP contribution in [0, 0.1) is 0 Å². The summed E-state index contributed by atoms with van der Waals surface area (Å²) in [5.41, 5.74) is 3.23. The second-order valence-corrected chi connectivity index (χ2v) is 5.63. The number of fused-ring (bicyclic) bond motifs is 1. The van der Waals surface area contributed by atoms with Gasteiger partial charge in [0.1, 0.15) is 5.75 Å². The van der Waals surface area contributed by atoms with E-state index in [1.165, 1.54) is 5.56 Å². The number of pyridine rings is 1. The minimum Gasteiger partial charge on any atom is -0.493 e. The lowest BCUT2D eigenvalue weighted by atomic mass is 10.1. The standard InChI is InChI=1S/C19H20N2O2/c1-21(12-9-17-4-2-3-11-20-17)19(22)8-6-15-5-7-18-16(14-15)10-13-23-18/h2-8,11,14H,9-10,12-13H2,1H3/b8-6+. The van der Waals surface area contributed by atoms with Gasteiger partial charge in [-0.15, -0.1) is 0 Å². The number of rotatable bonds is 5. The molecule has 0 N–H and O–H groups in total. The summed E-state index contributed by atoms with van der Waals surface area (Å²) in [6.45, 7) is 1.40. The number of carbonyl (C=O) groups excluding carboxylic acids is 1. The average molecular weight is 308 g/mol. The molecule has 4 heteroatoms. The molecule has 0 fully saturated rings. The molecule has 0 radical (unpaired) electrons. The third kappa shape index (κ3) is 3.97. The van der Waals surface area contributed by atoms with Crippen LogP contribution < -0.4 is 4.74 Å². The maximum absolute atomic E-state index is 12.2. The normalized spacial score (nSPS) is 12.9. The predicted octanol–water partition coefficient (Wildman–Crippen LogP) is 2.73. The lowest BCUT2D eigenvalue weighted by Crippen LogP contribution is -2.27. The van der Waals surface area contributed by atoms with Gasteiger partial charge >= 0.3 is 0 Å². The van der Waals surface area contributed by atoms with Crippen LogP contribution in [0.1, 0.15) is 16.8 Å². The largest absolute Gasteiger partial charge is 0.493 e. The van der Waals surface area contributed by atoms with E-state index >= 15 is 0 Å². The van der Waals surface area contributed by atoms with Gasteiger partial charge in [-0.25, -0.2) is 0 Å². The van der Waals surface area contributed by atoms with Crippen molar-refractivity contribution in [1.29, 1.82) is 0 Å². The highest BCUT2D eigenvalue weighted by atomic mass is 16.5. The van der Waals surface area contributed by atoms with Crippen LogP contribution in [-0.2, 0) is 17.6 Å². The van der Waals surface area contributed by atoms with E-state index in [1.54, 1.807) is 17.2 Å². The smallest absolute Gasteiger partial charge is 0.246 e. The molecule has 2 heterocycles. The second-order valence-electron chi connectivity index (χ2n) is 5.63. The summed E-state index contributed by atoms with van der Waals surface area (Å²) in [5.74, 6) is 0.957. The van der Waals surface area contributed by atoms with E-state index in [2.05, 4.69) is 11.1 Å². The molecule has 0 saturated carbocycles. The van der Waals surface area contributed by atoms with Gasteiger partial charge in [0, 0.05) is 44.4 Å². The molecule has 0 spiro atoms. The molecule has 1 aliphatic rings. The molecule has 1 amide bonds. The first-order valence-corrected chi connectivity index (χ1v) is 7.81. The van der Waals surface area contributed by atoms with Gasteiger partial charge in [0.05, 0.1) is 6.61 Å². The monoisotopic (exact) mass is 308 g/mol. The van der Waals surface area contributed by atoms with E-state index in [-0.39, 0.29) is 5.91 Å². The Hall–Kier alpha value is -2.62. The number of benzene rings is 1. The Labute approximate surface area is 136 Å². The van der Waals surface area contributed by atoms with Gasteiger partial charge in [0.25, 0.3) is 0 Å². The Balaban J connectivity index is 1.55. The van der Waals surface area contributed by atoms with E-state index in [4.69, 9.17) is 4.74 Å². The highest BCUT2D eigenvalue weighted by molar-refractivity contribution is 5.91. The number of carbonyl (C=O) groups is 1.